The first-order valence-electron chi connectivity index (χ1n) is 7.69. The average Bonchev–Trinajstić information content (AvgIpc) is 2.84. The third kappa shape index (κ3) is 2.29. The minimum absolute atomic E-state index is 0.160. The molecular formula is C14H22N4O3. The zero-order valence-corrected chi connectivity index (χ0v) is 12.5. The van der Waals surface area contributed by atoms with E-state index >= 15 is 0 Å². The Morgan fingerprint density at radius 2 is 2.00 bits per heavy atom. The van der Waals surface area contributed by atoms with Crippen LogP contribution in [0.4, 0.5) is 11.5 Å². The number of nitrogens with zero attached hydrogens (tertiary/aromatic N) is 4. The van der Waals surface area contributed by atoms with Crippen LogP contribution in [0.1, 0.15) is 44.7 Å². The summed E-state index contributed by atoms with van der Waals surface area (Å²) >= 11 is 0. The number of aromatic nitrogens is 2. The van der Waals surface area contributed by atoms with Crippen LogP contribution < -0.4 is 4.90 Å². The van der Waals surface area contributed by atoms with Gasteiger partial charge in [-0.15, -0.1) is 0 Å². The number of fused-ring (bicyclic) bond motifs is 2. The van der Waals surface area contributed by atoms with Crippen LogP contribution >= 0.6 is 0 Å². The number of aliphatic hydroxyl groups excluding tert-OH is 1. The summed E-state index contributed by atoms with van der Waals surface area (Å²) in [6.07, 6.45) is 4.56. The summed E-state index contributed by atoms with van der Waals surface area (Å²) in [5.41, 5.74) is 0.734. The van der Waals surface area contributed by atoms with Gasteiger partial charge in [-0.05, 0) is 32.1 Å². The highest BCUT2D eigenvalue weighted by Crippen LogP contribution is 2.43. The lowest BCUT2D eigenvalue weighted by Crippen LogP contribution is -2.45. The summed E-state index contributed by atoms with van der Waals surface area (Å²) in [4.78, 5) is 13.4. The monoisotopic (exact) mass is 294 g/mol. The van der Waals surface area contributed by atoms with Crippen molar-refractivity contribution in [3.63, 3.8) is 0 Å². The van der Waals surface area contributed by atoms with E-state index in [1.165, 1.54) is 0 Å². The molecule has 0 radical (unpaired) electrons. The van der Waals surface area contributed by atoms with Crippen molar-refractivity contribution in [2.24, 2.45) is 7.05 Å². The number of rotatable bonds is 4. The van der Waals surface area contributed by atoms with Crippen molar-refractivity contribution in [1.29, 1.82) is 0 Å². The van der Waals surface area contributed by atoms with Crippen LogP contribution in [0.3, 0.4) is 0 Å². The van der Waals surface area contributed by atoms with Crippen molar-refractivity contribution >= 4 is 11.5 Å². The normalized spacial score (nSPS) is 28.1. The molecule has 3 rings (SSSR count). The number of aliphatic hydroxyl groups is 1. The first-order valence-corrected chi connectivity index (χ1v) is 7.69. The van der Waals surface area contributed by atoms with Crippen molar-refractivity contribution in [3.05, 3.63) is 15.8 Å². The first kappa shape index (κ1) is 14.3. The van der Waals surface area contributed by atoms with Crippen LogP contribution in [0, 0.1) is 10.1 Å². The molecule has 1 aromatic heterocycles. The van der Waals surface area contributed by atoms with Gasteiger partial charge in [-0.1, -0.05) is 13.3 Å². The molecule has 2 bridgehead atoms. The molecule has 116 valence electrons. The number of hydrogen-bond donors (Lipinski definition) is 1. The topological polar surface area (TPSA) is 84.4 Å². The molecule has 2 aliphatic heterocycles. The van der Waals surface area contributed by atoms with Crippen LogP contribution in [0.5, 0.6) is 0 Å². The van der Waals surface area contributed by atoms with Gasteiger partial charge in [-0.3, -0.25) is 10.1 Å². The molecule has 0 spiro atoms. The zero-order chi connectivity index (χ0) is 15.1. The average molecular weight is 294 g/mol. The Morgan fingerprint density at radius 3 is 2.52 bits per heavy atom. The third-order valence-electron chi connectivity index (χ3n) is 4.68. The third-order valence-corrected chi connectivity index (χ3v) is 4.68. The Kier molecular flexibility index (Phi) is 3.61. The molecule has 7 heteroatoms. The predicted octanol–water partition coefficient (Wildman–Crippen LogP) is 1.77. The molecule has 0 amide bonds. The molecule has 2 unspecified atom stereocenters. The van der Waals surface area contributed by atoms with Gasteiger partial charge in [-0.25, -0.2) is 4.68 Å². The molecule has 2 atom stereocenters. The maximum atomic E-state index is 11.5. The van der Waals surface area contributed by atoms with E-state index in [1.807, 2.05) is 6.92 Å². The van der Waals surface area contributed by atoms with Gasteiger partial charge in [0.15, 0.2) is 0 Å². The molecule has 0 aliphatic carbocycles. The number of nitro groups is 1. The quantitative estimate of drug-likeness (QED) is 0.676. The Hall–Kier alpha value is -1.63. The molecule has 21 heavy (non-hydrogen) atoms. The molecule has 0 saturated carbocycles. The number of hydrogen-bond acceptors (Lipinski definition) is 5. The SMILES string of the molecule is CCCc1nn(C)c(N2C3CCC2CC(O)C3)c1[N+](=O)[O-]. The van der Waals surface area contributed by atoms with E-state index < -0.39 is 0 Å². The Labute approximate surface area is 123 Å². The highest BCUT2D eigenvalue weighted by molar-refractivity contribution is 5.63. The lowest BCUT2D eigenvalue weighted by Gasteiger charge is -2.37. The number of piperidine rings is 1. The molecule has 2 saturated heterocycles. The number of anilines is 1. The van der Waals surface area contributed by atoms with E-state index in [4.69, 9.17) is 0 Å². The fraction of sp³-hybridized carbons (Fsp3) is 0.786. The smallest absolute Gasteiger partial charge is 0.334 e. The summed E-state index contributed by atoms with van der Waals surface area (Å²) in [5.74, 6) is 0.628. The minimum Gasteiger partial charge on any atom is -0.393 e. The number of aryl methyl sites for hydroxylation is 2. The Morgan fingerprint density at radius 1 is 1.38 bits per heavy atom. The van der Waals surface area contributed by atoms with E-state index in [9.17, 15) is 15.2 Å². The van der Waals surface area contributed by atoms with Gasteiger partial charge in [-0.2, -0.15) is 5.10 Å². The van der Waals surface area contributed by atoms with Gasteiger partial charge in [0, 0.05) is 19.1 Å². The van der Waals surface area contributed by atoms with Crippen LogP contribution in [-0.2, 0) is 13.5 Å². The van der Waals surface area contributed by atoms with Crippen LogP contribution in [0.25, 0.3) is 0 Å². The second-order valence-electron chi connectivity index (χ2n) is 6.17. The predicted molar refractivity (Wildman–Crippen MR) is 78.4 cm³/mol. The van der Waals surface area contributed by atoms with Gasteiger partial charge in [0.25, 0.3) is 0 Å². The lowest BCUT2D eigenvalue weighted by molar-refractivity contribution is -0.384. The standard InChI is InChI=1S/C14H22N4O3/c1-3-4-12-13(18(20)21)14(16(2)15-12)17-9-5-6-10(17)8-11(19)7-9/h9-11,19H,3-8H2,1-2H3. The fourth-order valence-electron chi connectivity index (χ4n) is 3.93. The molecule has 0 aromatic carbocycles. The van der Waals surface area contributed by atoms with E-state index in [0.717, 1.165) is 19.3 Å². The van der Waals surface area contributed by atoms with Gasteiger partial charge in [0.05, 0.1) is 11.0 Å². The Bertz CT molecular complexity index is 543. The van der Waals surface area contributed by atoms with Gasteiger partial charge < -0.3 is 10.0 Å². The molecule has 7 nitrogen and oxygen atoms in total. The summed E-state index contributed by atoms with van der Waals surface area (Å²) in [6, 6.07) is 0.393. The molecule has 2 aliphatic rings. The second-order valence-corrected chi connectivity index (χ2v) is 6.17. The van der Waals surface area contributed by atoms with Crippen molar-refractivity contribution in [3.8, 4) is 0 Å². The van der Waals surface area contributed by atoms with Gasteiger partial charge >= 0.3 is 5.69 Å². The van der Waals surface area contributed by atoms with Crippen LogP contribution in [0.15, 0.2) is 0 Å². The largest absolute Gasteiger partial charge is 0.393 e. The molecule has 1 N–H and O–H groups in total. The van der Waals surface area contributed by atoms with Gasteiger partial charge in [0.1, 0.15) is 5.69 Å². The van der Waals surface area contributed by atoms with E-state index in [1.54, 1.807) is 11.7 Å². The molecule has 1 aromatic rings. The van der Waals surface area contributed by atoms with E-state index in [2.05, 4.69) is 10.00 Å². The minimum atomic E-state index is -0.294. The zero-order valence-electron chi connectivity index (χ0n) is 12.5. The van der Waals surface area contributed by atoms with Crippen molar-refractivity contribution in [2.45, 2.75) is 63.6 Å². The molecule has 3 heterocycles. The van der Waals surface area contributed by atoms with Crippen LogP contribution in [0.2, 0.25) is 0 Å². The maximum absolute atomic E-state index is 11.5. The first-order chi connectivity index (χ1) is 10.0. The highest BCUT2D eigenvalue weighted by atomic mass is 16.6. The van der Waals surface area contributed by atoms with E-state index in [-0.39, 0.29) is 28.8 Å². The van der Waals surface area contributed by atoms with Crippen LogP contribution in [-0.4, -0.2) is 38.0 Å². The van der Waals surface area contributed by atoms with Gasteiger partial charge in [0.2, 0.25) is 5.82 Å². The van der Waals surface area contributed by atoms with E-state index in [0.29, 0.717) is 30.8 Å². The highest BCUT2D eigenvalue weighted by Gasteiger charge is 2.45. The van der Waals surface area contributed by atoms with Crippen molar-refractivity contribution < 1.29 is 10.0 Å². The Balaban J connectivity index is 2.04. The summed E-state index contributed by atoms with van der Waals surface area (Å²) < 4.78 is 1.66. The molecule has 2 fully saturated rings. The lowest BCUT2D eigenvalue weighted by atomic mass is 9.99. The fourth-order valence-corrected chi connectivity index (χ4v) is 3.93. The molecular weight excluding hydrogens is 272 g/mol. The summed E-state index contributed by atoms with van der Waals surface area (Å²) in [5, 5.41) is 25.8. The summed E-state index contributed by atoms with van der Waals surface area (Å²) in [6.45, 7) is 2.00. The van der Waals surface area contributed by atoms with Crippen molar-refractivity contribution in [2.75, 3.05) is 4.90 Å². The maximum Gasteiger partial charge on any atom is 0.334 e. The second kappa shape index (κ2) is 5.29. The summed E-state index contributed by atoms with van der Waals surface area (Å²) in [7, 11) is 1.78. The van der Waals surface area contributed by atoms with Crippen molar-refractivity contribution in [1.82, 2.24) is 9.78 Å².